The van der Waals surface area contributed by atoms with E-state index >= 15 is 0 Å². The highest BCUT2D eigenvalue weighted by Gasteiger charge is 2.21. The summed E-state index contributed by atoms with van der Waals surface area (Å²) in [7, 11) is 4.09. The molecule has 1 aromatic rings. The van der Waals surface area contributed by atoms with E-state index in [0.29, 0.717) is 12.5 Å². The molecule has 5 heteroatoms. The Labute approximate surface area is 132 Å². The molecule has 1 aliphatic heterocycles. The van der Waals surface area contributed by atoms with Crippen LogP contribution in [0, 0.1) is 5.92 Å². The third-order valence-electron chi connectivity index (χ3n) is 4.09. The van der Waals surface area contributed by atoms with Crippen LogP contribution in [0.4, 0.5) is 4.79 Å². The smallest absolute Gasteiger partial charge is 0.317 e. The van der Waals surface area contributed by atoms with Crippen molar-refractivity contribution in [2.24, 2.45) is 5.92 Å². The molecule has 0 radical (unpaired) electrons. The molecular formula is C17H27N3O2. The number of carbonyl (C=O) groups excluding carboxylic acids is 1. The molecule has 2 N–H and O–H groups in total. The van der Waals surface area contributed by atoms with Gasteiger partial charge in [0.1, 0.15) is 0 Å². The van der Waals surface area contributed by atoms with Crippen molar-refractivity contribution in [1.82, 2.24) is 15.1 Å². The summed E-state index contributed by atoms with van der Waals surface area (Å²) in [4.78, 5) is 16.1. The van der Waals surface area contributed by atoms with Gasteiger partial charge in [-0.3, -0.25) is 0 Å². The minimum atomic E-state index is -0.00518. The molecule has 1 heterocycles. The van der Waals surface area contributed by atoms with E-state index in [-0.39, 0.29) is 12.6 Å². The lowest BCUT2D eigenvalue weighted by Gasteiger charge is -2.31. The fourth-order valence-electron chi connectivity index (χ4n) is 2.81. The summed E-state index contributed by atoms with van der Waals surface area (Å²) in [6.45, 7) is 3.15. The standard InChI is InChI=1S/C17H27N3O2/c1-19(2)12-16-5-3-4-15(10-16)11-18-17(22)20-8-6-14(13-21)7-9-20/h3-5,10,14,21H,6-9,11-13H2,1-2H3,(H,18,22). The summed E-state index contributed by atoms with van der Waals surface area (Å²) in [5.74, 6) is 0.353. The number of hydrogen-bond donors (Lipinski definition) is 2. The van der Waals surface area contributed by atoms with Crippen LogP contribution in [-0.4, -0.2) is 54.7 Å². The number of hydrogen-bond acceptors (Lipinski definition) is 3. The van der Waals surface area contributed by atoms with Crippen LogP contribution in [0.25, 0.3) is 0 Å². The zero-order chi connectivity index (χ0) is 15.9. The molecule has 1 saturated heterocycles. The number of aliphatic hydroxyl groups is 1. The fraction of sp³-hybridized carbons (Fsp3) is 0.588. The van der Waals surface area contributed by atoms with Crippen LogP contribution in [0.2, 0.25) is 0 Å². The van der Waals surface area contributed by atoms with Crippen molar-refractivity contribution in [3.05, 3.63) is 35.4 Å². The van der Waals surface area contributed by atoms with Crippen molar-refractivity contribution in [3.63, 3.8) is 0 Å². The summed E-state index contributed by atoms with van der Waals surface area (Å²) in [6, 6.07) is 8.31. The number of aliphatic hydroxyl groups excluding tert-OH is 1. The van der Waals surface area contributed by atoms with Crippen LogP contribution in [0.3, 0.4) is 0 Å². The molecule has 1 aliphatic rings. The van der Waals surface area contributed by atoms with E-state index in [1.165, 1.54) is 5.56 Å². The maximum atomic E-state index is 12.2. The number of piperidine rings is 1. The van der Waals surface area contributed by atoms with Crippen LogP contribution in [-0.2, 0) is 13.1 Å². The Morgan fingerprint density at radius 3 is 2.64 bits per heavy atom. The molecular weight excluding hydrogens is 278 g/mol. The maximum Gasteiger partial charge on any atom is 0.317 e. The third-order valence-corrected chi connectivity index (χ3v) is 4.09. The molecule has 0 aromatic heterocycles. The van der Waals surface area contributed by atoms with E-state index in [1.54, 1.807) is 0 Å². The molecule has 0 saturated carbocycles. The lowest BCUT2D eigenvalue weighted by molar-refractivity contribution is 0.137. The van der Waals surface area contributed by atoms with E-state index in [2.05, 4.69) is 22.3 Å². The monoisotopic (exact) mass is 305 g/mol. The van der Waals surface area contributed by atoms with Gasteiger partial charge in [0, 0.05) is 32.8 Å². The van der Waals surface area contributed by atoms with Gasteiger partial charge in [-0.05, 0) is 44.0 Å². The van der Waals surface area contributed by atoms with Crippen molar-refractivity contribution < 1.29 is 9.90 Å². The van der Waals surface area contributed by atoms with Crippen molar-refractivity contribution in [2.75, 3.05) is 33.8 Å². The third kappa shape index (κ3) is 5.00. The Bertz CT molecular complexity index is 483. The van der Waals surface area contributed by atoms with Gasteiger partial charge in [-0.1, -0.05) is 24.3 Å². The number of amides is 2. The van der Waals surface area contributed by atoms with Crippen LogP contribution >= 0.6 is 0 Å². The van der Waals surface area contributed by atoms with Gasteiger partial charge in [0.05, 0.1) is 0 Å². The summed E-state index contributed by atoms with van der Waals surface area (Å²) in [5, 5.41) is 12.1. The topological polar surface area (TPSA) is 55.8 Å². The van der Waals surface area contributed by atoms with Gasteiger partial charge < -0.3 is 20.2 Å². The Morgan fingerprint density at radius 1 is 1.32 bits per heavy atom. The molecule has 1 fully saturated rings. The second-order valence-electron chi connectivity index (χ2n) is 6.33. The predicted molar refractivity (Wildman–Crippen MR) is 87.5 cm³/mol. The first kappa shape index (κ1) is 16.8. The average Bonchev–Trinajstić information content (AvgIpc) is 2.52. The van der Waals surface area contributed by atoms with E-state index in [9.17, 15) is 4.79 Å². The highest BCUT2D eigenvalue weighted by Crippen LogP contribution is 2.16. The molecule has 1 aromatic carbocycles. The molecule has 0 bridgehead atoms. The molecule has 2 amide bonds. The van der Waals surface area contributed by atoms with E-state index in [1.807, 2.05) is 31.1 Å². The van der Waals surface area contributed by atoms with Crippen LogP contribution in [0.5, 0.6) is 0 Å². The molecule has 0 spiro atoms. The van der Waals surface area contributed by atoms with Gasteiger partial charge in [0.2, 0.25) is 0 Å². The van der Waals surface area contributed by atoms with Crippen molar-refractivity contribution in [2.45, 2.75) is 25.9 Å². The minimum absolute atomic E-state index is 0.00518. The second kappa shape index (κ2) is 8.15. The van der Waals surface area contributed by atoms with E-state index < -0.39 is 0 Å². The van der Waals surface area contributed by atoms with Gasteiger partial charge in [0.25, 0.3) is 0 Å². The number of benzene rings is 1. The van der Waals surface area contributed by atoms with Crippen molar-refractivity contribution in [3.8, 4) is 0 Å². The van der Waals surface area contributed by atoms with Gasteiger partial charge in [0.15, 0.2) is 0 Å². The van der Waals surface area contributed by atoms with Gasteiger partial charge >= 0.3 is 6.03 Å². The normalized spacial score (nSPS) is 16.1. The average molecular weight is 305 g/mol. The van der Waals surface area contributed by atoms with Crippen LogP contribution in [0.1, 0.15) is 24.0 Å². The first-order chi connectivity index (χ1) is 10.6. The van der Waals surface area contributed by atoms with Gasteiger partial charge in [-0.25, -0.2) is 4.79 Å². The highest BCUT2D eigenvalue weighted by molar-refractivity contribution is 5.74. The zero-order valence-electron chi connectivity index (χ0n) is 13.6. The summed E-state index contributed by atoms with van der Waals surface area (Å²) >= 11 is 0. The van der Waals surface area contributed by atoms with Crippen LogP contribution in [0.15, 0.2) is 24.3 Å². The molecule has 0 aliphatic carbocycles. The Morgan fingerprint density at radius 2 is 2.00 bits per heavy atom. The SMILES string of the molecule is CN(C)Cc1cccc(CNC(=O)N2CCC(CO)CC2)c1. The summed E-state index contributed by atoms with van der Waals surface area (Å²) in [5.41, 5.74) is 2.37. The quantitative estimate of drug-likeness (QED) is 0.870. The molecule has 0 atom stereocenters. The predicted octanol–water partition coefficient (Wildman–Crippen LogP) is 1.66. The number of urea groups is 1. The van der Waals surface area contributed by atoms with E-state index in [4.69, 9.17) is 5.11 Å². The number of likely N-dealkylation sites (tertiary alicyclic amines) is 1. The van der Waals surface area contributed by atoms with Gasteiger partial charge in [-0.15, -0.1) is 0 Å². The molecule has 5 nitrogen and oxygen atoms in total. The lowest BCUT2D eigenvalue weighted by atomic mass is 9.98. The Kier molecular flexibility index (Phi) is 6.21. The first-order valence-corrected chi connectivity index (χ1v) is 7.94. The lowest BCUT2D eigenvalue weighted by Crippen LogP contribution is -2.44. The first-order valence-electron chi connectivity index (χ1n) is 7.94. The maximum absolute atomic E-state index is 12.2. The van der Waals surface area contributed by atoms with Crippen molar-refractivity contribution in [1.29, 1.82) is 0 Å². The zero-order valence-corrected chi connectivity index (χ0v) is 13.6. The van der Waals surface area contributed by atoms with Gasteiger partial charge in [-0.2, -0.15) is 0 Å². The molecule has 122 valence electrons. The summed E-state index contributed by atoms with van der Waals surface area (Å²) < 4.78 is 0. The highest BCUT2D eigenvalue weighted by atomic mass is 16.3. The van der Waals surface area contributed by atoms with Crippen molar-refractivity contribution >= 4 is 6.03 Å². The van der Waals surface area contributed by atoms with E-state index in [0.717, 1.165) is 38.0 Å². The fourth-order valence-corrected chi connectivity index (χ4v) is 2.81. The van der Waals surface area contributed by atoms with Crippen LogP contribution < -0.4 is 5.32 Å². The number of nitrogens with one attached hydrogen (secondary N) is 1. The largest absolute Gasteiger partial charge is 0.396 e. The Hall–Kier alpha value is -1.59. The number of rotatable bonds is 5. The molecule has 22 heavy (non-hydrogen) atoms. The molecule has 2 rings (SSSR count). The summed E-state index contributed by atoms with van der Waals surface area (Å²) in [6.07, 6.45) is 1.78. The minimum Gasteiger partial charge on any atom is -0.396 e. The Balaban J connectivity index is 1.81. The number of carbonyl (C=O) groups is 1. The molecule has 0 unspecified atom stereocenters. The second-order valence-corrected chi connectivity index (χ2v) is 6.33. The number of nitrogens with zero attached hydrogens (tertiary/aromatic N) is 2.